The van der Waals surface area contributed by atoms with Crippen molar-refractivity contribution >= 4 is 39.2 Å². The molecule has 0 amide bonds. The normalized spacial score (nSPS) is 19.5. The summed E-state index contributed by atoms with van der Waals surface area (Å²) >= 11 is 11.8. The van der Waals surface area contributed by atoms with Gasteiger partial charge in [-0.25, -0.2) is 8.42 Å². The summed E-state index contributed by atoms with van der Waals surface area (Å²) in [6.07, 6.45) is 2.03. The van der Waals surface area contributed by atoms with Crippen molar-refractivity contribution in [2.75, 3.05) is 13.2 Å². The molecule has 128 valence electrons. The summed E-state index contributed by atoms with van der Waals surface area (Å²) in [4.78, 5) is 12.0. The van der Waals surface area contributed by atoms with Crippen LogP contribution in [0.5, 0.6) is 0 Å². The van der Waals surface area contributed by atoms with Gasteiger partial charge >= 0.3 is 5.97 Å². The average Bonchev–Trinajstić information content (AvgIpc) is 2.51. The standard InChI is InChI=1S/C15H19Cl2NO4S/c1-2-22-15(19)14-5-3-4-8-18(14)23(20,21)10-11-6-7-12(16)13(17)9-11/h6-7,9,14H,2-5,8,10H2,1H3. The summed E-state index contributed by atoms with van der Waals surface area (Å²) in [6.45, 7) is 2.26. The topological polar surface area (TPSA) is 63.7 Å². The third kappa shape index (κ3) is 4.59. The largest absolute Gasteiger partial charge is 0.465 e. The first-order valence-electron chi connectivity index (χ1n) is 7.45. The van der Waals surface area contributed by atoms with Crippen LogP contribution in [0.4, 0.5) is 0 Å². The Balaban J connectivity index is 2.21. The first-order valence-corrected chi connectivity index (χ1v) is 9.81. The molecule has 1 unspecified atom stereocenters. The van der Waals surface area contributed by atoms with Crippen molar-refractivity contribution in [3.8, 4) is 0 Å². The molecular formula is C15H19Cl2NO4S. The number of rotatable bonds is 5. The van der Waals surface area contributed by atoms with Crippen LogP contribution in [0.2, 0.25) is 10.0 Å². The molecule has 1 aromatic rings. The zero-order valence-corrected chi connectivity index (χ0v) is 15.1. The van der Waals surface area contributed by atoms with Crippen molar-refractivity contribution in [3.63, 3.8) is 0 Å². The summed E-state index contributed by atoms with van der Waals surface area (Å²) < 4.78 is 31.7. The Morgan fingerprint density at radius 1 is 1.30 bits per heavy atom. The Kier molecular flexibility index (Phi) is 6.31. The molecule has 0 radical (unpaired) electrons. The molecule has 1 aliphatic heterocycles. The summed E-state index contributed by atoms with van der Waals surface area (Å²) in [6, 6.07) is 3.98. The van der Waals surface area contributed by atoms with E-state index < -0.39 is 22.0 Å². The number of ether oxygens (including phenoxy) is 1. The third-order valence-corrected chi connectivity index (χ3v) is 6.29. The Bertz CT molecular complexity index is 678. The summed E-state index contributed by atoms with van der Waals surface area (Å²) in [7, 11) is -3.65. The van der Waals surface area contributed by atoms with E-state index in [1.807, 2.05) is 0 Å². The Morgan fingerprint density at radius 2 is 2.04 bits per heavy atom. The first kappa shape index (κ1) is 18.5. The van der Waals surface area contributed by atoms with Crippen LogP contribution in [0.3, 0.4) is 0 Å². The molecule has 1 saturated heterocycles. The van der Waals surface area contributed by atoms with Gasteiger partial charge in [0.2, 0.25) is 10.0 Å². The van der Waals surface area contributed by atoms with Crippen molar-refractivity contribution in [2.45, 2.75) is 38.0 Å². The van der Waals surface area contributed by atoms with Gasteiger partial charge in [0.25, 0.3) is 0 Å². The maximum absolute atomic E-state index is 12.7. The summed E-state index contributed by atoms with van der Waals surface area (Å²) in [5.41, 5.74) is 0.535. The highest BCUT2D eigenvalue weighted by Crippen LogP contribution is 2.27. The van der Waals surface area contributed by atoms with Crippen LogP contribution < -0.4 is 0 Å². The number of sulfonamides is 1. The second-order valence-electron chi connectivity index (χ2n) is 5.38. The predicted molar refractivity (Wildman–Crippen MR) is 90.1 cm³/mol. The van der Waals surface area contributed by atoms with E-state index in [1.54, 1.807) is 19.1 Å². The molecule has 0 aromatic heterocycles. The van der Waals surface area contributed by atoms with E-state index in [1.165, 1.54) is 10.4 Å². The zero-order valence-electron chi connectivity index (χ0n) is 12.8. The lowest BCUT2D eigenvalue weighted by Gasteiger charge is -2.33. The fourth-order valence-corrected chi connectivity index (χ4v) is 4.71. The van der Waals surface area contributed by atoms with Gasteiger partial charge in [0, 0.05) is 6.54 Å². The average molecular weight is 380 g/mol. The van der Waals surface area contributed by atoms with Gasteiger partial charge in [-0.3, -0.25) is 4.79 Å². The molecule has 8 heteroatoms. The number of hydrogen-bond donors (Lipinski definition) is 0. The predicted octanol–water partition coefficient (Wildman–Crippen LogP) is 3.24. The molecule has 0 N–H and O–H groups in total. The van der Waals surface area contributed by atoms with E-state index in [9.17, 15) is 13.2 Å². The highest BCUT2D eigenvalue weighted by atomic mass is 35.5. The highest BCUT2D eigenvalue weighted by molar-refractivity contribution is 7.88. The van der Waals surface area contributed by atoms with Gasteiger partial charge in [0.1, 0.15) is 6.04 Å². The lowest BCUT2D eigenvalue weighted by Crippen LogP contribution is -2.48. The smallest absolute Gasteiger partial charge is 0.324 e. The molecule has 0 spiro atoms. The van der Waals surface area contributed by atoms with Crippen LogP contribution in [0, 0.1) is 0 Å². The van der Waals surface area contributed by atoms with Crippen LogP contribution in [0.15, 0.2) is 18.2 Å². The van der Waals surface area contributed by atoms with Crippen LogP contribution in [-0.4, -0.2) is 37.9 Å². The summed E-state index contributed by atoms with van der Waals surface area (Å²) in [5.74, 6) is -0.704. The maximum Gasteiger partial charge on any atom is 0.324 e. The van der Waals surface area contributed by atoms with E-state index in [0.29, 0.717) is 28.6 Å². The maximum atomic E-state index is 12.7. The van der Waals surface area contributed by atoms with Gasteiger partial charge in [-0.15, -0.1) is 0 Å². The molecule has 1 atom stereocenters. The fraction of sp³-hybridized carbons (Fsp3) is 0.533. The number of hydrogen-bond acceptors (Lipinski definition) is 4. The van der Waals surface area contributed by atoms with Gasteiger partial charge in [-0.1, -0.05) is 29.3 Å². The van der Waals surface area contributed by atoms with E-state index in [2.05, 4.69) is 0 Å². The molecule has 5 nitrogen and oxygen atoms in total. The van der Waals surface area contributed by atoms with E-state index in [4.69, 9.17) is 27.9 Å². The number of piperidine rings is 1. The second-order valence-corrected chi connectivity index (χ2v) is 8.11. The van der Waals surface area contributed by atoms with Crippen molar-refractivity contribution in [1.82, 2.24) is 4.31 Å². The van der Waals surface area contributed by atoms with Gasteiger partial charge in [0.15, 0.2) is 0 Å². The number of halogens is 2. The van der Waals surface area contributed by atoms with Gasteiger partial charge in [-0.2, -0.15) is 4.31 Å². The van der Waals surface area contributed by atoms with Crippen LogP contribution in [0.25, 0.3) is 0 Å². The Hall–Kier alpha value is -0.820. The van der Waals surface area contributed by atoms with E-state index in [-0.39, 0.29) is 12.4 Å². The molecule has 0 bridgehead atoms. The second kappa shape index (κ2) is 7.83. The molecule has 1 aliphatic rings. The van der Waals surface area contributed by atoms with Crippen molar-refractivity contribution in [3.05, 3.63) is 33.8 Å². The van der Waals surface area contributed by atoms with Gasteiger partial charge < -0.3 is 4.74 Å². The minimum atomic E-state index is -3.65. The Labute approximate surface area is 146 Å². The van der Waals surface area contributed by atoms with Crippen LogP contribution >= 0.6 is 23.2 Å². The number of benzene rings is 1. The summed E-state index contributed by atoms with van der Waals surface area (Å²) in [5, 5.41) is 0.676. The van der Waals surface area contributed by atoms with Gasteiger partial charge in [-0.05, 0) is 43.9 Å². The highest BCUT2D eigenvalue weighted by Gasteiger charge is 2.37. The lowest BCUT2D eigenvalue weighted by molar-refractivity contribution is -0.148. The molecule has 1 heterocycles. The minimum absolute atomic E-state index is 0.222. The lowest BCUT2D eigenvalue weighted by atomic mass is 10.1. The first-order chi connectivity index (χ1) is 10.8. The molecule has 1 fully saturated rings. The van der Waals surface area contributed by atoms with Crippen LogP contribution in [-0.2, 0) is 25.3 Å². The number of carbonyl (C=O) groups is 1. The molecule has 1 aromatic carbocycles. The quantitative estimate of drug-likeness (QED) is 0.736. The molecular weight excluding hydrogens is 361 g/mol. The fourth-order valence-electron chi connectivity index (χ4n) is 2.63. The van der Waals surface area contributed by atoms with E-state index >= 15 is 0 Å². The van der Waals surface area contributed by atoms with Crippen molar-refractivity contribution in [1.29, 1.82) is 0 Å². The molecule has 23 heavy (non-hydrogen) atoms. The van der Waals surface area contributed by atoms with Crippen molar-refractivity contribution in [2.24, 2.45) is 0 Å². The zero-order chi connectivity index (χ0) is 17.0. The minimum Gasteiger partial charge on any atom is -0.465 e. The van der Waals surface area contributed by atoms with E-state index in [0.717, 1.165) is 12.8 Å². The number of esters is 1. The van der Waals surface area contributed by atoms with Crippen LogP contribution in [0.1, 0.15) is 31.7 Å². The molecule has 0 saturated carbocycles. The SMILES string of the molecule is CCOC(=O)C1CCCCN1S(=O)(=O)Cc1ccc(Cl)c(Cl)c1. The number of nitrogens with zero attached hydrogens (tertiary/aromatic N) is 1. The van der Waals surface area contributed by atoms with Crippen molar-refractivity contribution < 1.29 is 17.9 Å². The molecule has 0 aliphatic carbocycles. The third-order valence-electron chi connectivity index (χ3n) is 3.70. The van der Waals surface area contributed by atoms with Gasteiger partial charge in [0.05, 0.1) is 22.4 Å². The number of carbonyl (C=O) groups excluding carboxylic acids is 1. The Morgan fingerprint density at radius 3 is 2.70 bits per heavy atom. The monoisotopic (exact) mass is 379 g/mol. The molecule has 2 rings (SSSR count).